The summed E-state index contributed by atoms with van der Waals surface area (Å²) < 4.78 is 31.9. The van der Waals surface area contributed by atoms with Gasteiger partial charge in [0, 0.05) is 13.2 Å². The van der Waals surface area contributed by atoms with Crippen molar-refractivity contribution in [3.8, 4) is 0 Å². The molecule has 0 N–H and O–H groups in total. The van der Waals surface area contributed by atoms with Gasteiger partial charge in [-0.2, -0.15) is 8.42 Å². The predicted molar refractivity (Wildman–Crippen MR) is 60.3 cm³/mol. The Bertz CT molecular complexity index is 234. The van der Waals surface area contributed by atoms with Crippen LogP contribution in [0.25, 0.3) is 0 Å². The predicted octanol–water partition coefficient (Wildman–Crippen LogP) is 1.81. The van der Waals surface area contributed by atoms with Crippen LogP contribution in [0.5, 0.6) is 0 Å². The third kappa shape index (κ3) is 10.2. The normalized spacial score (nSPS) is 12.3. The second kappa shape index (κ2) is 8.07. The van der Waals surface area contributed by atoms with Crippen LogP contribution in [0.3, 0.4) is 0 Å². The highest BCUT2D eigenvalue weighted by atomic mass is 32.2. The fraction of sp³-hybridized carbons (Fsp3) is 1.00. The van der Waals surface area contributed by atoms with Crippen molar-refractivity contribution < 1.29 is 17.3 Å². The molecule has 0 radical (unpaired) electrons. The summed E-state index contributed by atoms with van der Waals surface area (Å²) in [5.41, 5.74) is 0. The minimum atomic E-state index is -3.27. The SMILES string of the molecule is CCS(=O)(=O)OCCCCOCC(C)C. The van der Waals surface area contributed by atoms with Crippen LogP contribution in [0.1, 0.15) is 33.6 Å². The molecular formula is C10H22O4S. The third-order valence-electron chi connectivity index (χ3n) is 1.75. The zero-order chi connectivity index (χ0) is 11.7. The van der Waals surface area contributed by atoms with Crippen molar-refractivity contribution in [1.29, 1.82) is 0 Å². The zero-order valence-electron chi connectivity index (χ0n) is 9.86. The van der Waals surface area contributed by atoms with E-state index in [1.165, 1.54) is 0 Å². The van der Waals surface area contributed by atoms with Crippen LogP contribution in [0, 0.1) is 5.92 Å². The first-order chi connectivity index (χ1) is 6.98. The highest BCUT2D eigenvalue weighted by Crippen LogP contribution is 1.99. The van der Waals surface area contributed by atoms with Gasteiger partial charge in [0.2, 0.25) is 0 Å². The van der Waals surface area contributed by atoms with Gasteiger partial charge in [-0.3, -0.25) is 4.18 Å². The topological polar surface area (TPSA) is 52.6 Å². The molecule has 0 saturated heterocycles. The molecule has 0 heterocycles. The summed E-state index contributed by atoms with van der Waals surface area (Å²) in [4.78, 5) is 0. The Labute approximate surface area is 93.1 Å². The first kappa shape index (κ1) is 14.9. The Kier molecular flexibility index (Phi) is 8.00. The van der Waals surface area contributed by atoms with E-state index >= 15 is 0 Å². The van der Waals surface area contributed by atoms with E-state index in [2.05, 4.69) is 13.8 Å². The summed E-state index contributed by atoms with van der Waals surface area (Å²) in [5, 5.41) is 0. The second-order valence-electron chi connectivity index (χ2n) is 3.84. The van der Waals surface area contributed by atoms with E-state index < -0.39 is 10.1 Å². The maximum absolute atomic E-state index is 10.9. The monoisotopic (exact) mass is 238 g/mol. The lowest BCUT2D eigenvalue weighted by Crippen LogP contribution is -2.10. The summed E-state index contributed by atoms with van der Waals surface area (Å²) in [6.45, 7) is 7.46. The van der Waals surface area contributed by atoms with Gasteiger partial charge >= 0.3 is 0 Å². The molecule has 4 nitrogen and oxygen atoms in total. The minimum absolute atomic E-state index is 0.0385. The molecule has 0 unspecified atom stereocenters. The average molecular weight is 238 g/mol. The highest BCUT2D eigenvalue weighted by molar-refractivity contribution is 7.86. The largest absolute Gasteiger partial charge is 0.381 e. The molecule has 0 aromatic carbocycles. The molecule has 0 amide bonds. The minimum Gasteiger partial charge on any atom is -0.381 e. The second-order valence-corrected chi connectivity index (χ2v) is 5.77. The molecule has 0 atom stereocenters. The Morgan fingerprint density at radius 1 is 1.13 bits per heavy atom. The van der Waals surface area contributed by atoms with Gasteiger partial charge in [-0.15, -0.1) is 0 Å². The maximum atomic E-state index is 10.9. The van der Waals surface area contributed by atoms with Gasteiger partial charge in [0.05, 0.1) is 12.4 Å². The standard InChI is InChI=1S/C10H22O4S/c1-4-15(11,12)14-8-6-5-7-13-9-10(2)3/h10H,4-9H2,1-3H3. The molecule has 15 heavy (non-hydrogen) atoms. The quantitative estimate of drug-likeness (QED) is 0.454. The van der Waals surface area contributed by atoms with Crippen LogP contribution in [0.2, 0.25) is 0 Å². The van der Waals surface area contributed by atoms with Crippen LogP contribution in [-0.2, 0) is 19.0 Å². The van der Waals surface area contributed by atoms with Crippen molar-refractivity contribution in [1.82, 2.24) is 0 Å². The van der Waals surface area contributed by atoms with Gasteiger partial charge in [0.15, 0.2) is 0 Å². The van der Waals surface area contributed by atoms with Crippen LogP contribution in [0.4, 0.5) is 0 Å². The molecule has 0 aromatic rings. The van der Waals surface area contributed by atoms with E-state index in [0.717, 1.165) is 19.4 Å². The van der Waals surface area contributed by atoms with E-state index in [-0.39, 0.29) is 12.4 Å². The van der Waals surface area contributed by atoms with E-state index in [4.69, 9.17) is 8.92 Å². The molecule has 0 fully saturated rings. The number of rotatable bonds is 9. The van der Waals surface area contributed by atoms with Crippen LogP contribution in [-0.4, -0.2) is 34.0 Å². The lowest BCUT2D eigenvalue weighted by atomic mass is 10.2. The van der Waals surface area contributed by atoms with Crippen molar-refractivity contribution >= 4 is 10.1 Å². The number of hydrogen-bond acceptors (Lipinski definition) is 4. The van der Waals surface area contributed by atoms with Crippen molar-refractivity contribution in [3.63, 3.8) is 0 Å². The van der Waals surface area contributed by atoms with E-state index in [9.17, 15) is 8.42 Å². The molecule has 0 bridgehead atoms. The van der Waals surface area contributed by atoms with Crippen molar-refractivity contribution in [3.05, 3.63) is 0 Å². The van der Waals surface area contributed by atoms with E-state index in [0.29, 0.717) is 12.5 Å². The number of unbranched alkanes of at least 4 members (excludes halogenated alkanes) is 1. The van der Waals surface area contributed by atoms with Gasteiger partial charge in [0.1, 0.15) is 0 Å². The molecule has 0 aliphatic heterocycles. The Hall–Kier alpha value is -0.130. The van der Waals surface area contributed by atoms with Gasteiger partial charge in [0.25, 0.3) is 10.1 Å². The smallest absolute Gasteiger partial charge is 0.267 e. The van der Waals surface area contributed by atoms with E-state index in [1.807, 2.05) is 0 Å². The zero-order valence-corrected chi connectivity index (χ0v) is 10.7. The summed E-state index contributed by atoms with van der Waals surface area (Å²) in [5.74, 6) is 0.582. The Morgan fingerprint density at radius 2 is 1.73 bits per heavy atom. The number of ether oxygens (including phenoxy) is 1. The lowest BCUT2D eigenvalue weighted by molar-refractivity contribution is 0.104. The molecule has 5 heteroatoms. The average Bonchev–Trinajstić information content (AvgIpc) is 2.16. The van der Waals surface area contributed by atoms with Crippen molar-refractivity contribution in [2.24, 2.45) is 5.92 Å². The molecular weight excluding hydrogens is 216 g/mol. The summed E-state index contributed by atoms with van der Waals surface area (Å²) >= 11 is 0. The van der Waals surface area contributed by atoms with Crippen LogP contribution >= 0.6 is 0 Å². The maximum Gasteiger partial charge on any atom is 0.267 e. The summed E-state index contributed by atoms with van der Waals surface area (Å²) in [7, 11) is -3.27. The van der Waals surface area contributed by atoms with Gasteiger partial charge in [-0.25, -0.2) is 0 Å². The molecule has 0 aromatic heterocycles. The van der Waals surface area contributed by atoms with Gasteiger partial charge < -0.3 is 4.74 Å². The van der Waals surface area contributed by atoms with Crippen molar-refractivity contribution in [2.75, 3.05) is 25.6 Å². The van der Waals surface area contributed by atoms with E-state index in [1.54, 1.807) is 6.92 Å². The van der Waals surface area contributed by atoms with Gasteiger partial charge in [-0.05, 0) is 25.7 Å². The molecule has 0 spiro atoms. The molecule has 0 aliphatic rings. The first-order valence-electron chi connectivity index (χ1n) is 5.42. The number of hydrogen-bond donors (Lipinski definition) is 0. The Morgan fingerprint density at radius 3 is 2.27 bits per heavy atom. The summed E-state index contributed by atoms with van der Waals surface area (Å²) in [6.07, 6.45) is 1.56. The molecule has 0 saturated carbocycles. The fourth-order valence-corrected chi connectivity index (χ4v) is 1.43. The summed E-state index contributed by atoms with van der Waals surface area (Å²) in [6, 6.07) is 0. The Balaban J connectivity index is 3.26. The van der Waals surface area contributed by atoms with Crippen molar-refractivity contribution in [2.45, 2.75) is 33.6 Å². The third-order valence-corrected chi connectivity index (χ3v) is 2.98. The van der Waals surface area contributed by atoms with Crippen LogP contribution in [0.15, 0.2) is 0 Å². The fourth-order valence-electron chi connectivity index (χ4n) is 0.894. The molecule has 0 rings (SSSR count). The first-order valence-corrected chi connectivity index (χ1v) is 7.00. The molecule has 92 valence electrons. The highest BCUT2D eigenvalue weighted by Gasteiger charge is 2.05. The lowest BCUT2D eigenvalue weighted by Gasteiger charge is -2.06. The van der Waals surface area contributed by atoms with Gasteiger partial charge in [-0.1, -0.05) is 13.8 Å². The van der Waals surface area contributed by atoms with Crippen LogP contribution < -0.4 is 0 Å². The molecule has 0 aliphatic carbocycles.